The van der Waals surface area contributed by atoms with Crippen LogP contribution in [0.5, 0.6) is 0 Å². The van der Waals surface area contributed by atoms with Gasteiger partial charge in [-0.15, -0.1) is 0 Å². The van der Waals surface area contributed by atoms with Crippen LogP contribution < -0.4 is 0 Å². The molecule has 4 nitrogen and oxygen atoms in total. The van der Waals surface area contributed by atoms with Gasteiger partial charge in [-0.2, -0.15) is 0 Å². The molecule has 0 saturated carbocycles. The minimum atomic E-state index is -0.648. The summed E-state index contributed by atoms with van der Waals surface area (Å²) in [6.45, 7) is 1.44. The second-order valence-electron chi connectivity index (χ2n) is 3.04. The zero-order valence-corrected chi connectivity index (χ0v) is 7.61. The van der Waals surface area contributed by atoms with E-state index in [1.54, 1.807) is 6.92 Å². The van der Waals surface area contributed by atoms with Gasteiger partial charge in [0.25, 0.3) is 5.69 Å². The lowest BCUT2D eigenvalue weighted by molar-refractivity contribution is -0.385. The van der Waals surface area contributed by atoms with Gasteiger partial charge in [-0.1, -0.05) is 6.92 Å². The highest BCUT2D eigenvalue weighted by Gasteiger charge is 2.18. The van der Waals surface area contributed by atoms with E-state index in [4.69, 9.17) is 5.11 Å². The summed E-state index contributed by atoms with van der Waals surface area (Å²) in [5, 5.41) is 19.4. The van der Waals surface area contributed by atoms with Crippen molar-refractivity contribution in [1.82, 2.24) is 0 Å². The van der Waals surface area contributed by atoms with E-state index in [2.05, 4.69) is 0 Å². The number of nitro benzene ring substituents is 1. The molecule has 0 radical (unpaired) electrons. The summed E-state index contributed by atoms with van der Waals surface area (Å²) in [5.74, 6) is -1.01. The number of rotatable bonds is 3. The molecule has 1 aromatic carbocycles. The minimum absolute atomic E-state index is 0.202. The first-order valence-corrected chi connectivity index (χ1v) is 4.11. The molecule has 1 atom stereocenters. The molecule has 1 aromatic rings. The topological polar surface area (TPSA) is 63.4 Å². The molecule has 14 heavy (non-hydrogen) atoms. The number of aliphatic hydroxyl groups excluding tert-OH is 1. The number of nitro groups is 1. The Morgan fingerprint density at radius 1 is 1.64 bits per heavy atom. The van der Waals surface area contributed by atoms with E-state index < -0.39 is 10.7 Å². The first-order chi connectivity index (χ1) is 6.56. The fourth-order valence-corrected chi connectivity index (χ4v) is 1.19. The van der Waals surface area contributed by atoms with Crippen LogP contribution in [0, 0.1) is 15.9 Å². The molecule has 0 bridgehead atoms. The average molecular weight is 199 g/mol. The lowest BCUT2D eigenvalue weighted by Crippen LogP contribution is -2.03. The molecule has 0 fully saturated rings. The van der Waals surface area contributed by atoms with Gasteiger partial charge in [0.05, 0.1) is 11.0 Å². The Morgan fingerprint density at radius 2 is 2.29 bits per heavy atom. The quantitative estimate of drug-likeness (QED) is 0.596. The van der Waals surface area contributed by atoms with Crippen LogP contribution in [0.1, 0.15) is 18.4 Å². The van der Waals surface area contributed by atoms with Gasteiger partial charge in [0.2, 0.25) is 0 Å². The first-order valence-electron chi connectivity index (χ1n) is 4.11. The van der Waals surface area contributed by atoms with Gasteiger partial charge < -0.3 is 5.11 Å². The van der Waals surface area contributed by atoms with Gasteiger partial charge in [0.1, 0.15) is 5.82 Å². The smallest absolute Gasteiger partial charge is 0.275 e. The maximum Gasteiger partial charge on any atom is 0.275 e. The second-order valence-corrected chi connectivity index (χ2v) is 3.04. The van der Waals surface area contributed by atoms with Crippen molar-refractivity contribution in [3.05, 3.63) is 39.7 Å². The van der Waals surface area contributed by atoms with E-state index in [0.717, 1.165) is 12.1 Å². The van der Waals surface area contributed by atoms with Crippen molar-refractivity contribution in [3.63, 3.8) is 0 Å². The van der Waals surface area contributed by atoms with Crippen molar-refractivity contribution < 1.29 is 14.4 Å². The Balaban J connectivity index is 3.21. The third-order valence-corrected chi connectivity index (χ3v) is 1.99. The van der Waals surface area contributed by atoms with Gasteiger partial charge in [0.15, 0.2) is 0 Å². The van der Waals surface area contributed by atoms with Crippen LogP contribution in [0.25, 0.3) is 0 Å². The molecule has 0 aliphatic carbocycles. The van der Waals surface area contributed by atoms with Gasteiger partial charge >= 0.3 is 0 Å². The summed E-state index contributed by atoms with van der Waals surface area (Å²) in [7, 11) is 0. The summed E-state index contributed by atoms with van der Waals surface area (Å²) >= 11 is 0. The van der Waals surface area contributed by atoms with E-state index >= 15 is 0 Å². The molecule has 1 N–H and O–H groups in total. The van der Waals surface area contributed by atoms with Crippen molar-refractivity contribution in [1.29, 1.82) is 0 Å². The van der Waals surface area contributed by atoms with Crippen molar-refractivity contribution in [3.8, 4) is 0 Å². The van der Waals surface area contributed by atoms with Crippen LogP contribution >= 0.6 is 0 Å². The molecule has 1 unspecified atom stereocenters. The van der Waals surface area contributed by atoms with Crippen LogP contribution in [0.15, 0.2) is 18.2 Å². The lowest BCUT2D eigenvalue weighted by Gasteiger charge is -2.08. The second kappa shape index (κ2) is 4.15. The Labute approximate surface area is 80.1 Å². The van der Waals surface area contributed by atoms with Crippen LogP contribution in [0.2, 0.25) is 0 Å². The number of nitrogens with zero attached hydrogens (tertiary/aromatic N) is 1. The standard InChI is InChI=1S/C9H10FNO3/c1-6(5-12)8-3-2-7(10)4-9(8)11(13)14/h2-4,6,12H,5H2,1H3. The Kier molecular flexibility index (Phi) is 3.14. The number of aliphatic hydroxyl groups is 1. The molecule has 76 valence electrons. The van der Waals surface area contributed by atoms with E-state index in [-0.39, 0.29) is 18.2 Å². The SMILES string of the molecule is CC(CO)c1ccc(F)cc1[N+](=O)[O-]. The summed E-state index contributed by atoms with van der Waals surface area (Å²) in [6.07, 6.45) is 0. The summed E-state index contributed by atoms with van der Waals surface area (Å²) in [5.41, 5.74) is 0.0606. The third kappa shape index (κ3) is 2.05. The predicted molar refractivity (Wildman–Crippen MR) is 48.6 cm³/mol. The average Bonchev–Trinajstić information content (AvgIpc) is 2.16. The first kappa shape index (κ1) is 10.6. The summed E-state index contributed by atoms with van der Waals surface area (Å²) in [4.78, 5) is 9.90. The van der Waals surface area contributed by atoms with Crippen molar-refractivity contribution >= 4 is 5.69 Å². The molecular weight excluding hydrogens is 189 g/mol. The molecule has 1 rings (SSSR count). The summed E-state index contributed by atoms with van der Waals surface area (Å²) in [6, 6.07) is 3.34. The van der Waals surface area contributed by atoms with Crippen molar-refractivity contribution in [2.75, 3.05) is 6.61 Å². The zero-order chi connectivity index (χ0) is 10.7. The highest BCUT2D eigenvalue weighted by atomic mass is 19.1. The van der Waals surface area contributed by atoms with Crippen LogP contribution in [-0.2, 0) is 0 Å². The maximum absolute atomic E-state index is 12.7. The lowest BCUT2D eigenvalue weighted by atomic mass is 10.0. The Bertz CT molecular complexity index is 354. The van der Waals surface area contributed by atoms with Crippen LogP contribution in [-0.4, -0.2) is 16.6 Å². The highest BCUT2D eigenvalue weighted by molar-refractivity contribution is 5.42. The summed E-state index contributed by atoms with van der Waals surface area (Å²) < 4.78 is 12.7. The third-order valence-electron chi connectivity index (χ3n) is 1.99. The van der Waals surface area contributed by atoms with E-state index in [1.807, 2.05) is 0 Å². The highest BCUT2D eigenvalue weighted by Crippen LogP contribution is 2.26. The molecule has 0 aliphatic rings. The number of halogens is 1. The molecule has 0 aliphatic heterocycles. The van der Waals surface area contributed by atoms with Crippen molar-refractivity contribution in [2.45, 2.75) is 12.8 Å². The largest absolute Gasteiger partial charge is 0.396 e. The van der Waals surface area contributed by atoms with Gasteiger partial charge in [-0.05, 0) is 12.1 Å². The van der Waals surface area contributed by atoms with E-state index in [0.29, 0.717) is 5.56 Å². The fraction of sp³-hybridized carbons (Fsp3) is 0.333. The monoisotopic (exact) mass is 199 g/mol. The normalized spacial score (nSPS) is 12.5. The molecule has 0 aromatic heterocycles. The predicted octanol–water partition coefficient (Wildman–Crippen LogP) is 1.83. The molecule has 0 saturated heterocycles. The Hall–Kier alpha value is -1.49. The van der Waals surface area contributed by atoms with Gasteiger partial charge in [-0.3, -0.25) is 10.1 Å². The molecular formula is C9H10FNO3. The zero-order valence-electron chi connectivity index (χ0n) is 7.61. The van der Waals surface area contributed by atoms with E-state index in [1.165, 1.54) is 6.07 Å². The van der Waals surface area contributed by atoms with Crippen molar-refractivity contribution in [2.24, 2.45) is 0 Å². The number of hydrogen-bond donors (Lipinski definition) is 1. The molecule has 0 spiro atoms. The minimum Gasteiger partial charge on any atom is -0.396 e. The van der Waals surface area contributed by atoms with Crippen LogP contribution in [0.4, 0.5) is 10.1 Å². The number of hydrogen-bond acceptors (Lipinski definition) is 3. The van der Waals surface area contributed by atoms with Crippen LogP contribution in [0.3, 0.4) is 0 Å². The Morgan fingerprint density at radius 3 is 2.79 bits per heavy atom. The molecule has 5 heteroatoms. The molecule has 0 amide bonds. The van der Waals surface area contributed by atoms with Gasteiger partial charge in [0, 0.05) is 18.1 Å². The maximum atomic E-state index is 12.7. The number of benzene rings is 1. The molecule has 0 heterocycles. The van der Waals surface area contributed by atoms with E-state index in [9.17, 15) is 14.5 Å². The fourth-order valence-electron chi connectivity index (χ4n) is 1.19. The van der Waals surface area contributed by atoms with Gasteiger partial charge in [-0.25, -0.2) is 4.39 Å².